The van der Waals surface area contributed by atoms with Crippen molar-refractivity contribution in [3.63, 3.8) is 0 Å². The zero-order valence-corrected chi connectivity index (χ0v) is 21.6. The van der Waals surface area contributed by atoms with E-state index in [0.717, 1.165) is 51.9 Å². The summed E-state index contributed by atoms with van der Waals surface area (Å²) in [4.78, 5) is 25.5. The van der Waals surface area contributed by atoms with Gasteiger partial charge in [0, 0.05) is 50.7 Å². The lowest BCUT2D eigenvalue weighted by Gasteiger charge is -2.37. The molecule has 8 nitrogen and oxygen atoms in total. The van der Waals surface area contributed by atoms with Crippen LogP contribution in [-0.4, -0.2) is 92.1 Å². The van der Waals surface area contributed by atoms with Gasteiger partial charge >= 0.3 is 0 Å². The highest BCUT2D eigenvalue weighted by Crippen LogP contribution is 2.26. The molecule has 1 amide bonds. The first-order valence-corrected chi connectivity index (χ1v) is 11.9. The maximum atomic E-state index is 12.5. The molecule has 0 saturated carbocycles. The van der Waals surface area contributed by atoms with Crippen LogP contribution in [0.1, 0.15) is 28.4 Å². The van der Waals surface area contributed by atoms with Gasteiger partial charge in [-0.25, -0.2) is 0 Å². The van der Waals surface area contributed by atoms with Gasteiger partial charge in [-0.3, -0.25) is 14.7 Å². The lowest BCUT2D eigenvalue weighted by atomic mass is 10.2. The average Bonchev–Trinajstić information content (AvgIpc) is 3.54. The Kier molecular flexibility index (Phi) is 9.82. The summed E-state index contributed by atoms with van der Waals surface area (Å²) in [6.45, 7) is 9.83. The standard InChI is InChI=1S/C22H31N5O3S.HI/c1-2-23-22(27-9-7-26(8-10-27)21(28)19-5-3-13-30-19)24-17-18(20-6-4-16-31-20)25-11-14-29-15-12-25;/h3-6,13,16,18H,2,7-12,14-15,17H2,1H3,(H,23,24);1H. The number of thiophene rings is 1. The molecule has 4 heterocycles. The zero-order chi connectivity index (χ0) is 21.5. The van der Waals surface area contributed by atoms with Crippen molar-refractivity contribution in [3.8, 4) is 0 Å². The number of halogens is 1. The van der Waals surface area contributed by atoms with Gasteiger partial charge in [0.25, 0.3) is 5.91 Å². The van der Waals surface area contributed by atoms with Crippen molar-refractivity contribution in [3.05, 3.63) is 46.5 Å². The fourth-order valence-corrected chi connectivity index (χ4v) is 4.88. The first-order chi connectivity index (χ1) is 15.3. The number of rotatable bonds is 6. The quantitative estimate of drug-likeness (QED) is 0.326. The van der Waals surface area contributed by atoms with Crippen LogP contribution in [0.15, 0.2) is 45.3 Å². The average molecular weight is 574 g/mol. The van der Waals surface area contributed by atoms with Crippen molar-refractivity contribution >= 4 is 47.2 Å². The maximum Gasteiger partial charge on any atom is 0.289 e. The van der Waals surface area contributed by atoms with Gasteiger partial charge in [-0.2, -0.15) is 0 Å². The predicted octanol–water partition coefficient (Wildman–Crippen LogP) is 2.76. The Hall–Kier alpha value is -1.63. The van der Waals surface area contributed by atoms with Crippen LogP contribution in [0.3, 0.4) is 0 Å². The molecule has 0 aromatic carbocycles. The summed E-state index contributed by atoms with van der Waals surface area (Å²) in [6.07, 6.45) is 1.54. The second-order valence-electron chi connectivity index (χ2n) is 7.63. The number of aliphatic imine (C=N–C) groups is 1. The second kappa shape index (κ2) is 12.6. The number of piperazine rings is 1. The number of guanidine groups is 1. The van der Waals surface area contributed by atoms with E-state index in [9.17, 15) is 4.79 Å². The minimum absolute atomic E-state index is 0. The van der Waals surface area contributed by atoms with Gasteiger partial charge in [0.2, 0.25) is 0 Å². The number of carbonyl (C=O) groups excluding carboxylic acids is 1. The first-order valence-electron chi connectivity index (χ1n) is 11.0. The molecule has 176 valence electrons. The number of hydrogen-bond acceptors (Lipinski definition) is 6. The van der Waals surface area contributed by atoms with Crippen LogP contribution in [0.5, 0.6) is 0 Å². The topological polar surface area (TPSA) is 73.6 Å². The molecule has 2 saturated heterocycles. The number of amides is 1. The van der Waals surface area contributed by atoms with E-state index in [1.54, 1.807) is 23.5 Å². The summed E-state index contributed by atoms with van der Waals surface area (Å²) in [5.74, 6) is 1.28. The van der Waals surface area contributed by atoms with Crippen molar-refractivity contribution in [2.45, 2.75) is 13.0 Å². The van der Waals surface area contributed by atoms with E-state index in [1.165, 1.54) is 11.1 Å². The molecule has 32 heavy (non-hydrogen) atoms. The van der Waals surface area contributed by atoms with Crippen molar-refractivity contribution in [1.29, 1.82) is 0 Å². The van der Waals surface area contributed by atoms with Crippen molar-refractivity contribution in [1.82, 2.24) is 20.0 Å². The molecule has 0 radical (unpaired) electrons. The monoisotopic (exact) mass is 573 g/mol. The molecule has 10 heteroatoms. The Morgan fingerprint density at radius 2 is 1.88 bits per heavy atom. The predicted molar refractivity (Wildman–Crippen MR) is 137 cm³/mol. The minimum atomic E-state index is -0.0448. The maximum absolute atomic E-state index is 12.5. The number of carbonyl (C=O) groups is 1. The van der Waals surface area contributed by atoms with E-state index in [0.29, 0.717) is 25.4 Å². The Labute approximate surface area is 210 Å². The van der Waals surface area contributed by atoms with Gasteiger partial charge in [-0.15, -0.1) is 35.3 Å². The van der Waals surface area contributed by atoms with Crippen molar-refractivity contribution < 1.29 is 13.9 Å². The number of nitrogens with one attached hydrogen (secondary N) is 1. The van der Waals surface area contributed by atoms with Gasteiger partial charge < -0.3 is 24.3 Å². The van der Waals surface area contributed by atoms with Gasteiger partial charge in [-0.05, 0) is 30.5 Å². The summed E-state index contributed by atoms with van der Waals surface area (Å²) in [5, 5.41) is 5.57. The molecular formula is C22H32IN5O3S. The number of ether oxygens (including phenoxy) is 1. The first kappa shape index (κ1) is 25.0. The smallest absolute Gasteiger partial charge is 0.289 e. The van der Waals surface area contributed by atoms with Crippen molar-refractivity contribution in [2.75, 3.05) is 65.6 Å². The Bertz CT molecular complexity index is 832. The normalized spacial score (nSPS) is 18.8. The molecule has 1 unspecified atom stereocenters. The molecule has 2 aromatic rings. The van der Waals surface area contributed by atoms with Crippen LogP contribution in [0.4, 0.5) is 0 Å². The molecule has 2 fully saturated rings. The highest BCUT2D eigenvalue weighted by atomic mass is 127. The molecule has 0 spiro atoms. The third-order valence-electron chi connectivity index (χ3n) is 5.71. The van der Waals surface area contributed by atoms with Crippen LogP contribution >= 0.6 is 35.3 Å². The summed E-state index contributed by atoms with van der Waals surface area (Å²) < 4.78 is 10.8. The highest BCUT2D eigenvalue weighted by Gasteiger charge is 2.27. The summed E-state index contributed by atoms with van der Waals surface area (Å²) in [5.41, 5.74) is 0. The number of furan rings is 1. The second-order valence-corrected chi connectivity index (χ2v) is 8.61. The van der Waals surface area contributed by atoms with Gasteiger partial charge in [-0.1, -0.05) is 6.07 Å². The van der Waals surface area contributed by atoms with Crippen LogP contribution in [0.25, 0.3) is 0 Å². The molecule has 2 aliphatic rings. The lowest BCUT2D eigenvalue weighted by Crippen LogP contribution is -2.54. The molecule has 2 aromatic heterocycles. The lowest BCUT2D eigenvalue weighted by molar-refractivity contribution is 0.0186. The fourth-order valence-electron chi connectivity index (χ4n) is 4.03. The van der Waals surface area contributed by atoms with Gasteiger partial charge in [0.15, 0.2) is 11.7 Å². The molecule has 4 rings (SSSR count). The van der Waals surface area contributed by atoms with Crippen molar-refractivity contribution in [2.24, 2.45) is 4.99 Å². The van der Waals surface area contributed by atoms with Crippen LogP contribution in [0, 0.1) is 0 Å². The largest absolute Gasteiger partial charge is 0.459 e. The van der Waals surface area contributed by atoms with E-state index < -0.39 is 0 Å². The highest BCUT2D eigenvalue weighted by molar-refractivity contribution is 14.0. The molecule has 2 aliphatic heterocycles. The zero-order valence-electron chi connectivity index (χ0n) is 18.4. The van der Waals surface area contributed by atoms with E-state index in [4.69, 9.17) is 14.1 Å². The third-order valence-corrected chi connectivity index (χ3v) is 6.68. The third kappa shape index (κ3) is 6.24. The summed E-state index contributed by atoms with van der Waals surface area (Å²) in [7, 11) is 0. The molecule has 0 bridgehead atoms. The molecule has 1 N–H and O–H groups in total. The van der Waals surface area contributed by atoms with Crippen LogP contribution in [-0.2, 0) is 4.74 Å². The number of hydrogen-bond donors (Lipinski definition) is 1. The van der Waals surface area contributed by atoms with E-state index in [1.807, 2.05) is 4.90 Å². The summed E-state index contributed by atoms with van der Waals surface area (Å²) >= 11 is 1.79. The molecular weight excluding hydrogens is 541 g/mol. The SMILES string of the molecule is CCNC(=NCC(c1cccs1)N1CCOCC1)N1CCN(C(=O)c2ccco2)CC1.I. The van der Waals surface area contributed by atoms with E-state index in [-0.39, 0.29) is 35.9 Å². The van der Waals surface area contributed by atoms with Crippen LogP contribution < -0.4 is 5.32 Å². The van der Waals surface area contributed by atoms with E-state index in [2.05, 4.69) is 39.6 Å². The minimum Gasteiger partial charge on any atom is -0.459 e. The van der Waals surface area contributed by atoms with E-state index >= 15 is 0 Å². The Morgan fingerprint density at radius 3 is 2.50 bits per heavy atom. The van der Waals surface area contributed by atoms with Gasteiger partial charge in [0.05, 0.1) is 32.1 Å². The Balaban J connectivity index is 0.00000289. The summed E-state index contributed by atoms with van der Waals surface area (Å²) in [6, 6.07) is 8.04. The fraction of sp³-hybridized carbons (Fsp3) is 0.545. The molecule has 1 atom stereocenters. The Morgan fingerprint density at radius 1 is 1.12 bits per heavy atom. The molecule has 0 aliphatic carbocycles. The number of morpholine rings is 1. The van der Waals surface area contributed by atoms with Crippen LogP contribution in [0.2, 0.25) is 0 Å². The number of nitrogens with zero attached hydrogens (tertiary/aromatic N) is 4. The van der Waals surface area contributed by atoms with Gasteiger partial charge in [0.1, 0.15) is 0 Å².